The van der Waals surface area contributed by atoms with Gasteiger partial charge in [0.05, 0.1) is 44.1 Å². The van der Waals surface area contributed by atoms with E-state index in [0.717, 1.165) is 94.4 Å². The molecule has 0 fully saturated rings. The Bertz CT molecular complexity index is 6230. The SMILES string of the molecule is c1ccc(-c2cccc(-c3cccc(-c4nc(-c5cccc(-n6c7ccccc7c7cc(-c8ccc9c(c8)c8ccccc8n9-c8ccccc8)ccc76)c5)nc(-n5c6ccccc6c6cc(-c7ccc8c(c7)c7ccccc7n8-c7ccccc7)ccc65)n4)c3)c2)cc1. The van der Waals surface area contributed by atoms with Crippen molar-refractivity contribution >= 4 is 87.2 Å². The van der Waals surface area contributed by atoms with Gasteiger partial charge in [0.15, 0.2) is 11.6 Å². The molecule has 0 aliphatic rings. The summed E-state index contributed by atoms with van der Waals surface area (Å²) in [6.45, 7) is 0. The second kappa shape index (κ2) is 21.5. The van der Waals surface area contributed by atoms with Crippen molar-refractivity contribution in [3.63, 3.8) is 0 Å². The second-order valence-corrected chi connectivity index (χ2v) is 24.4. The Hall–Kier alpha value is -12.7. The van der Waals surface area contributed by atoms with Crippen molar-refractivity contribution in [3.05, 3.63) is 334 Å². The van der Waals surface area contributed by atoms with Gasteiger partial charge >= 0.3 is 0 Å². The molecule has 14 aromatic carbocycles. The molecule has 7 heteroatoms. The van der Waals surface area contributed by atoms with Gasteiger partial charge < -0.3 is 13.7 Å². The molecule has 0 aliphatic heterocycles. The lowest BCUT2D eigenvalue weighted by atomic mass is 9.98. The first-order valence-electron chi connectivity index (χ1n) is 32.0. The molecule has 0 unspecified atom stereocenters. The molecule has 19 rings (SSSR count). The van der Waals surface area contributed by atoms with Gasteiger partial charge in [-0.1, -0.05) is 212 Å². The Labute approximate surface area is 541 Å². The van der Waals surface area contributed by atoms with E-state index in [0.29, 0.717) is 17.6 Å². The van der Waals surface area contributed by atoms with Crippen LogP contribution in [-0.2, 0) is 0 Å². The lowest BCUT2D eigenvalue weighted by molar-refractivity contribution is 0.953. The number of rotatable bonds is 10. The highest BCUT2D eigenvalue weighted by Crippen LogP contribution is 2.42. The standard InChI is InChI=1S/C87H55N7/c1-4-21-56(22-5-1)57-23-18-24-58(49-57)59-25-19-26-64(50-59)85-88-86(90-87(89-85)94-80-40-17-13-36-72(80)76-55-63(44-48-84(76)94)61-42-46-82-74(53-61)70-34-11-15-38-78(70)92(82)67-30-8-3-9-31-67)65-27-20-32-68(51-65)93-79-39-16-12-35-71(79)75-54-62(43-47-83(75)93)60-41-45-81-73(52-60)69-33-10-14-37-77(69)91(81)66-28-6-2-7-29-66/h1-55H. The molecule has 94 heavy (non-hydrogen) atoms. The summed E-state index contributed by atoms with van der Waals surface area (Å²) < 4.78 is 9.35. The van der Waals surface area contributed by atoms with Crippen LogP contribution >= 0.6 is 0 Å². The summed E-state index contributed by atoms with van der Waals surface area (Å²) in [6, 6.07) is 120. The summed E-state index contributed by atoms with van der Waals surface area (Å²) in [7, 11) is 0. The minimum atomic E-state index is 0.531. The lowest BCUT2D eigenvalue weighted by Gasteiger charge is -2.13. The maximum Gasteiger partial charge on any atom is 0.238 e. The lowest BCUT2D eigenvalue weighted by Crippen LogP contribution is -2.06. The van der Waals surface area contributed by atoms with Gasteiger partial charge in [0.1, 0.15) is 0 Å². The van der Waals surface area contributed by atoms with Crippen LogP contribution in [-0.4, -0.2) is 33.2 Å². The summed E-state index contributed by atoms with van der Waals surface area (Å²) in [5.74, 6) is 1.67. The highest BCUT2D eigenvalue weighted by atomic mass is 15.2. The van der Waals surface area contributed by atoms with Crippen molar-refractivity contribution in [2.24, 2.45) is 0 Å². The molecule has 0 bridgehead atoms. The summed E-state index contributed by atoms with van der Waals surface area (Å²) >= 11 is 0. The molecular weight excluding hydrogens is 1140 g/mol. The summed E-state index contributed by atoms with van der Waals surface area (Å²) in [6.07, 6.45) is 0. The van der Waals surface area contributed by atoms with E-state index < -0.39 is 0 Å². The van der Waals surface area contributed by atoms with E-state index in [-0.39, 0.29) is 0 Å². The van der Waals surface area contributed by atoms with E-state index in [2.05, 4.69) is 352 Å². The molecule has 5 aromatic heterocycles. The van der Waals surface area contributed by atoms with Crippen LogP contribution in [0, 0.1) is 0 Å². The fourth-order valence-electron chi connectivity index (χ4n) is 14.7. The first kappa shape index (κ1) is 53.2. The predicted molar refractivity (Wildman–Crippen MR) is 390 cm³/mol. The number of hydrogen-bond acceptors (Lipinski definition) is 3. The van der Waals surface area contributed by atoms with Crippen LogP contribution in [0.4, 0.5) is 0 Å². The fourth-order valence-corrected chi connectivity index (χ4v) is 14.7. The number of benzene rings is 14. The molecule has 19 aromatic rings. The monoisotopic (exact) mass is 1200 g/mol. The first-order chi connectivity index (χ1) is 46.6. The Morgan fingerprint density at radius 1 is 0.160 bits per heavy atom. The van der Waals surface area contributed by atoms with Crippen LogP contribution in [0.5, 0.6) is 0 Å². The second-order valence-electron chi connectivity index (χ2n) is 24.4. The fraction of sp³-hybridized carbons (Fsp3) is 0. The van der Waals surface area contributed by atoms with E-state index in [4.69, 9.17) is 15.0 Å². The smallest absolute Gasteiger partial charge is 0.238 e. The highest BCUT2D eigenvalue weighted by Gasteiger charge is 2.22. The number of fused-ring (bicyclic) bond motifs is 12. The zero-order valence-corrected chi connectivity index (χ0v) is 50.9. The Morgan fingerprint density at radius 3 is 0.872 bits per heavy atom. The average molecular weight is 1200 g/mol. The summed E-state index contributed by atoms with van der Waals surface area (Å²) in [5, 5.41) is 9.46. The Morgan fingerprint density at radius 2 is 0.436 bits per heavy atom. The van der Waals surface area contributed by atoms with Crippen LogP contribution < -0.4 is 0 Å². The van der Waals surface area contributed by atoms with Crippen molar-refractivity contribution in [3.8, 4) is 90.3 Å². The van der Waals surface area contributed by atoms with E-state index in [1.54, 1.807) is 0 Å². The molecule has 0 spiro atoms. The van der Waals surface area contributed by atoms with Gasteiger partial charge in [-0.15, -0.1) is 0 Å². The first-order valence-corrected chi connectivity index (χ1v) is 32.0. The van der Waals surface area contributed by atoms with Crippen LogP contribution in [0.25, 0.3) is 178 Å². The Balaban J connectivity index is 0.756. The highest BCUT2D eigenvalue weighted by molar-refractivity contribution is 6.15. The Kier molecular flexibility index (Phi) is 12.1. The number of aromatic nitrogens is 7. The van der Waals surface area contributed by atoms with Crippen molar-refractivity contribution in [2.75, 3.05) is 0 Å². The number of para-hydroxylation sites is 6. The average Bonchev–Trinajstić information content (AvgIpc) is 1.61. The molecule has 0 saturated heterocycles. The zero-order chi connectivity index (χ0) is 61.8. The molecule has 0 radical (unpaired) electrons. The largest absolute Gasteiger partial charge is 0.309 e. The predicted octanol–water partition coefficient (Wildman–Crippen LogP) is 22.3. The number of nitrogens with zero attached hydrogens (tertiary/aromatic N) is 7. The number of hydrogen-bond donors (Lipinski definition) is 0. The van der Waals surface area contributed by atoms with E-state index >= 15 is 0 Å². The minimum Gasteiger partial charge on any atom is -0.309 e. The normalized spacial score (nSPS) is 11.8. The minimum absolute atomic E-state index is 0.531. The van der Waals surface area contributed by atoms with Crippen molar-refractivity contribution < 1.29 is 0 Å². The van der Waals surface area contributed by atoms with Gasteiger partial charge in [0, 0.05) is 71.3 Å². The van der Waals surface area contributed by atoms with Gasteiger partial charge in [-0.2, -0.15) is 9.97 Å². The van der Waals surface area contributed by atoms with E-state index in [1.807, 2.05) is 0 Å². The molecule has 5 heterocycles. The van der Waals surface area contributed by atoms with Gasteiger partial charge in [-0.05, 0) is 166 Å². The summed E-state index contributed by atoms with van der Waals surface area (Å²) in [5.41, 5.74) is 23.1. The molecule has 0 amide bonds. The maximum absolute atomic E-state index is 5.55. The van der Waals surface area contributed by atoms with Crippen molar-refractivity contribution in [1.82, 2.24) is 33.2 Å². The third kappa shape index (κ3) is 8.63. The van der Waals surface area contributed by atoms with Crippen LogP contribution in [0.1, 0.15) is 0 Å². The molecule has 438 valence electrons. The van der Waals surface area contributed by atoms with E-state index in [9.17, 15) is 0 Å². The van der Waals surface area contributed by atoms with Crippen LogP contribution in [0.15, 0.2) is 334 Å². The molecule has 0 aliphatic carbocycles. The molecule has 0 N–H and O–H groups in total. The van der Waals surface area contributed by atoms with Crippen LogP contribution in [0.3, 0.4) is 0 Å². The topological polar surface area (TPSA) is 58.4 Å². The van der Waals surface area contributed by atoms with Crippen molar-refractivity contribution in [2.45, 2.75) is 0 Å². The quantitative estimate of drug-likeness (QED) is 0.137. The third-order valence-corrected chi connectivity index (χ3v) is 19.0. The van der Waals surface area contributed by atoms with Gasteiger partial charge in [0.2, 0.25) is 5.95 Å². The zero-order valence-electron chi connectivity index (χ0n) is 50.9. The van der Waals surface area contributed by atoms with Crippen molar-refractivity contribution in [1.29, 1.82) is 0 Å². The van der Waals surface area contributed by atoms with Gasteiger partial charge in [0.25, 0.3) is 0 Å². The third-order valence-electron chi connectivity index (χ3n) is 19.0. The van der Waals surface area contributed by atoms with Gasteiger partial charge in [-0.25, -0.2) is 4.98 Å². The molecule has 0 atom stereocenters. The van der Waals surface area contributed by atoms with Gasteiger partial charge in [-0.3, -0.25) is 4.57 Å². The maximum atomic E-state index is 5.55. The molecular formula is C87H55N7. The van der Waals surface area contributed by atoms with E-state index in [1.165, 1.54) is 65.5 Å². The summed E-state index contributed by atoms with van der Waals surface area (Å²) in [4.78, 5) is 16.5. The molecule has 7 nitrogen and oxygen atoms in total. The molecule has 0 saturated carbocycles. The van der Waals surface area contributed by atoms with Crippen LogP contribution in [0.2, 0.25) is 0 Å².